The lowest BCUT2D eigenvalue weighted by atomic mass is 9.85. The van der Waals surface area contributed by atoms with Crippen LogP contribution in [0.2, 0.25) is 0 Å². The lowest BCUT2D eigenvalue weighted by Crippen LogP contribution is -2.61. The fourth-order valence-electron chi connectivity index (χ4n) is 6.04. The molecule has 0 spiro atoms. The third kappa shape index (κ3) is 12.8. The Bertz CT molecular complexity index is 1640. The van der Waals surface area contributed by atoms with Gasteiger partial charge in [0, 0.05) is 38.5 Å². The molecule has 0 bridgehead atoms. The van der Waals surface area contributed by atoms with Crippen LogP contribution < -0.4 is 16.1 Å². The summed E-state index contributed by atoms with van der Waals surface area (Å²) in [6, 6.07) is 20.9. The van der Waals surface area contributed by atoms with Gasteiger partial charge in [0.25, 0.3) is 5.91 Å². The standard InChI is InChI=1S/C41H58N6O7/c1-11-54-33(32(25-28-17-13-12-14-18-28)46(8)37(49)35(41(5,6)7)44-39(51)53-10)27-47(45-36(48)34(40(2,3)4)43-38(50)52-9)26-29-20-22-30(23-21-29)31-19-15-16-24-42-31/h12-24,32-35H,11,25-27H2,1-10H3,(H,43,50)(H,44,51)(H,45,48)/t32-,33-,34+,35+/m0/s1. The number of ether oxygens (including phenoxy) is 3. The summed E-state index contributed by atoms with van der Waals surface area (Å²) < 4.78 is 16.2. The molecule has 13 heteroatoms. The van der Waals surface area contributed by atoms with Crippen molar-refractivity contribution in [1.29, 1.82) is 0 Å². The second-order valence-electron chi connectivity index (χ2n) is 15.3. The molecule has 1 aromatic heterocycles. The zero-order valence-electron chi connectivity index (χ0n) is 33.3. The smallest absolute Gasteiger partial charge is 0.407 e. The normalized spacial score (nSPS) is 13.9. The van der Waals surface area contributed by atoms with Crippen molar-refractivity contribution in [2.45, 2.75) is 85.7 Å². The van der Waals surface area contributed by atoms with E-state index in [-0.39, 0.29) is 19.0 Å². The fourth-order valence-corrected chi connectivity index (χ4v) is 6.04. The molecule has 13 nitrogen and oxygen atoms in total. The first kappa shape index (κ1) is 43.4. The SMILES string of the molecule is CCO[C@@H](CN(Cc1ccc(-c2ccccn2)cc1)NC(=O)[C@@H](NC(=O)OC)C(C)(C)C)[C@H](Cc1ccccc1)N(C)C(=O)[C@@H](NC(=O)OC)C(C)(C)C. The van der Waals surface area contributed by atoms with Crippen molar-refractivity contribution in [1.82, 2.24) is 31.0 Å². The van der Waals surface area contributed by atoms with Gasteiger partial charge in [-0.2, -0.15) is 0 Å². The van der Waals surface area contributed by atoms with Gasteiger partial charge in [-0.05, 0) is 47.4 Å². The van der Waals surface area contributed by atoms with Crippen LogP contribution in [0.1, 0.15) is 59.6 Å². The van der Waals surface area contributed by atoms with E-state index in [1.165, 1.54) is 14.2 Å². The Morgan fingerprint density at radius 3 is 1.85 bits per heavy atom. The molecule has 54 heavy (non-hydrogen) atoms. The molecular formula is C41H58N6O7. The van der Waals surface area contributed by atoms with Crippen LogP contribution in [-0.2, 0) is 36.8 Å². The molecule has 0 fully saturated rings. The number of carbonyl (C=O) groups excluding carboxylic acids is 4. The first-order chi connectivity index (χ1) is 25.5. The van der Waals surface area contributed by atoms with Crippen LogP contribution in [0.25, 0.3) is 11.3 Å². The second-order valence-corrected chi connectivity index (χ2v) is 15.3. The zero-order valence-corrected chi connectivity index (χ0v) is 33.3. The fraction of sp³-hybridized carbons (Fsp3) is 0.488. The van der Waals surface area contributed by atoms with E-state index in [9.17, 15) is 19.2 Å². The second kappa shape index (κ2) is 19.9. The minimum atomic E-state index is -0.953. The average Bonchev–Trinajstić information content (AvgIpc) is 3.14. The Labute approximate surface area is 320 Å². The van der Waals surface area contributed by atoms with Gasteiger partial charge < -0.3 is 29.7 Å². The van der Waals surface area contributed by atoms with Gasteiger partial charge in [0.15, 0.2) is 0 Å². The summed E-state index contributed by atoms with van der Waals surface area (Å²) in [7, 11) is 4.21. The van der Waals surface area contributed by atoms with Crippen LogP contribution in [0, 0.1) is 10.8 Å². The number of carbonyl (C=O) groups is 4. The van der Waals surface area contributed by atoms with Crippen LogP contribution in [0.4, 0.5) is 9.59 Å². The number of likely N-dealkylation sites (N-methyl/N-ethyl adjacent to an activating group) is 1. The van der Waals surface area contributed by atoms with E-state index < -0.39 is 53.2 Å². The van der Waals surface area contributed by atoms with Gasteiger partial charge in [0.2, 0.25) is 5.91 Å². The largest absolute Gasteiger partial charge is 0.453 e. The van der Waals surface area contributed by atoms with Gasteiger partial charge in [0.1, 0.15) is 12.1 Å². The Kier molecular flexibility index (Phi) is 16.0. The zero-order chi connectivity index (χ0) is 40.1. The highest BCUT2D eigenvalue weighted by molar-refractivity contribution is 5.87. The molecule has 4 amide bonds. The number of hydrogen-bond donors (Lipinski definition) is 3. The Hall–Kier alpha value is -5.01. The maximum Gasteiger partial charge on any atom is 0.407 e. The van der Waals surface area contributed by atoms with E-state index in [1.807, 2.05) is 121 Å². The Balaban J connectivity index is 2.08. The first-order valence-electron chi connectivity index (χ1n) is 18.1. The van der Waals surface area contributed by atoms with E-state index in [0.29, 0.717) is 13.0 Å². The predicted molar refractivity (Wildman–Crippen MR) is 208 cm³/mol. The van der Waals surface area contributed by atoms with Crippen molar-refractivity contribution in [3.05, 3.63) is 90.1 Å². The summed E-state index contributed by atoms with van der Waals surface area (Å²) in [5.41, 5.74) is 5.35. The molecule has 294 valence electrons. The molecule has 2 aromatic carbocycles. The number of nitrogens with one attached hydrogen (secondary N) is 3. The van der Waals surface area contributed by atoms with Crippen LogP contribution >= 0.6 is 0 Å². The molecule has 1 heterocycles. The van der Waals surface area contributed by atoms with Gasteiger partial charge in [-0.25, -0.2) is 14.6 Å². The topological polar surface area (TPSA) is 151 Å². The lowest BCUT2D eigenvalue weighted by Gasteiger charge is -2.41. The molecule has 0 unspecified atom stereocenters. The molecule has 0 aliphatic carbocycles. The highest BCUT2D eigenvalue weighted by Gasteiger charge is 2.40. The first-order valence-corrected chi connectivity index (χ1v) is 18.1. The molecule has 0 saturated heterocycles. The summed E-state index contributed by atoms with van der Waals surface area (Å²) in [6.45, 7) is 13.8. The quantitative estimate of drug-likeness (QED) is 0.159. The van der Waals surface area contributed by atoms with Crippen molar-refractivity contribution in [2.24, 2.45) is 10.8 Å². The van der Waals surface area contributed by atoms with E-state index in [2.05, 4.69) is 21.0 Å². The number of methoxy groups -OCH3 is 2. The van der Waals surface area contributed by atoms with Gasteiger partial charge in [0.05, 0.1) is 32.1 Å². The van der Waals surface area contributed by atoms with Crippen molar-refractivity contribution in [2.75, 3.05) is 34.4 Å². The summed E-state index contributed by atoms with van der Waals surface area (Å²) in [5.74, 6) is -0.776. The maximum atomic E-state index is 14.4. The molecule has 0 saturated carbocycles. The molecule has 3 aromatic rings. The van der Waals surface area contributed by atoms with Crippen LogP contribution in [0.15, 0.2) is 79.0 Å². The van der Waals surface area contributed by atoms with Crippen molar-refractivity contribution in [3.63, 3.8) is 0 Å². The molecule has 3 rings (SSSR count). The monoisotopic (exact) mass is 746 g/mol. The Morgan fingerprint density at radius 1 is 0.759 bits per heavy atom. The van der Waals surface area contributed by atoms with Gasteiger partial charge >= 0.3 is 12.2 Å². The van der Waals surface area contributed by atoms with Crippen LogP contribution in [0.5, 0.6) is 0 Å². The number of hydrazine groups is 1. The molecule has 4 atom stereocenters. The number of amides is 4. The number of hydrogen-bond acceptors (Lipinski definition) is 9. The van der Waals surface area contributed by atoms with Crippen molar-refractivity contribution < 1.29 is 33.4 Å². The number of pyridine rings is 1. The van der Waals surface area contributed by atoms with E-state index in [0.717, 1.165) is 22.4 Å². The molecule has 3 N–H and O–H groups in total. The van der Waals surface area contributed by atoms with Crippen LogP contribution in [-0.4, -0.2) is 97.5 Å². The maximum absolute atomic E-state index is 14.4. The van der Waals surface area contributed by atoms with Gasteiger partial charge in [-0.3, -0.25) is 20.0 Å². The number of rotatable bonds is 16. The minimum absolute atomic E-state index is 0.149. The third-order valence-electron chi connectivity index (χ3n) is 9.04. The van der Waals surface area contributed by atoms with Gasteiger partial charge in [-0.1, -0.05) is 102 Å². The van der Waals surface area contributed by atoms with E-state index in [4.69, 9.17) is 14.2 Å². The number of benzene rings is 2. The molecule has 0 radical (unpaired) electrons. The van der Waals surface area contributed by atoms with E-state index in [1.54, 1.807) is 23.2 Å². The highest BCUT2D eigenvalue weighted by atomic mass is 16.5. The summed E-state index contributed by atoms with van der Waals surface area (Å²) in [6.07, 6.45) is 0.0708. The average molecular weight is 747 g/mol. The number of nitrogens with zero attached hydrogens (tertiary/aromatic N) is 3. The lowest BCUT2D eigenvalue weighted by molar-refractivity contribution is -0.142. The Morgan fingerprint density at radius 2 is 1.33 bits per heavy atom. The van der Waals surface area contributed by atoms with Gasteiger partial charge in [-0.15, -0.1) is 0 Å². The highest BCUT2D eigenvalue weighted by Crippen LogP contribution is 2.25. The number of alkyl carbamates (subject to hydrolysis) is 2. The minimum Gasteiger partial charge on any atom is -0.453 e. The van der Waals surface area contributed by atoms with Crippen LogP contribution in [0.3, 0.4) is 0 Å². The summed E-state index contributed by atoms with van der Waals surface area (Å²) >= 11 is 0. The van der Waals surface area contributed by atoms with Crippen molar-refractivity contribution in [3.8, 4) is 11.3 Å². The van der Waals surface area contributed by atoms with E-state index >= 15 is 0 Å². The molecular weight excluding hydrogens is 688 g/mol. The molecule has 0 aliphatic rings. The summed E-state index contributed by atoms with van der Waals surface area (Å²) in [4.78, 5) is 59.3. The van der Waals surface area contributed by atoms with Crippen molar-refractivity contribution >= 4 is 24.0 Å². The summed E-state index contributed by atoms with van der Waals surface area (Å²) in [5, 5.41) is 7.16. The predicted octanol–water partition coefficient (Wildman–Crippen LogP) is 5.60. The number of aromatic nitrogens is 1. The molecule has 0 aliphatic heterocycles. The third-order valence-corrected chi connectivity index (χ3v) is 9.04.